The van der Waals surface area contributed by atoms with Crippen molar-refractivity contribution in [3.63, 3.8) is 0 Å². The Bertz CT molecular complexity index is 1500. The molecule has 38 heavy (non-hydrogen) atoms. The van der Waals surface area contributed by atoms with Gasteiger partial charge in [-0.3, -0.25) is 9.59 Å². The number of urea groups is 1. The lowest BCUT2D eigenvalue weighted by Gasteiger charge is -2.43. The summed E-state index contributed by atoms with van der Waals surface area (Å²) in [4.78, 5) is 40.7. The van der Waals surface area contributed by atoms with Crippen LogP contribution in [0.25, 0.3) is 0 Å². The van der Waals surface area contributed by atoms with Crippen LogP contribution < -0.4 is 21.3 Å². The van der Waals surface area contributed by atoms with Crippen molar-refractivity contribution in [1.29, 1.82) is 0 Å². The minimum absolute atomic E-state index is 0.0215. The summed E-state index contributed by atoms with van der Waals surface area (Å²) < 4.78 is 24.9. The van der Waals surface area contributed by atoms with Gasteiger partial charge in [-0.1, -0.05) is 36.4 Å². The number of aromatic nitrogens is 1. The van der Waals surface area contributed by atoms with Crippen LogP contribution in [0.3, 0.4) is 0 Å². The van der Waals surface area contributed by atoms with Crippen LogP contribution in [0.5, 0.6) is 0 Å². The molecule has 3 atom stereocenters. The summed E-state index contributed by atoms with van der Waals surface area (Å²) in [6.45, 7) is 1.52. The van der Waals surface area contributed by atoms with Gasteiger partial charge < -0.3 is 20.1 Å². The molecule has 0 saturated carbocycles. The van der Waals surface area contributed by atoms with Gasteiger partial charge in [0.25, 0.3) is 5.56 Å². The van der Waals surface area contributed by atoms with Crippen molar-refractivity contribution in [2.45, 2.75) is 36.2 Å². The van der Waals surface area contributed by atoms with Gasteiger partial charge in [0.1, 0.15) is 6.04 Å². The van der Waals surface area contributed by atoms with Crippen molar-refractivity contribution in [3.8, 4) is 0 Å². The third kappa shape index (κ3) is 5.63. The first-order valence-corrected chi connectivity index (χ1v) is 13.9. The molecule has 3 aromatic rings. The molecule has 1 saturated heterocycles. The molecular formula is C27H29N5O5S. The van der Waals surface area contributed by atoms with E-state index in [1.54, 1.807) is 21.6 Å². The van der Waals surface area contributed by atoms with E-state index in [2.05, 4.69) is 10.6 Å². The van der Waals surface area contributed by atoms with Gasteiger partial charge in [-0.05, 0) is 48.2 Å². The number of carbonyl (C=O) groups excluding carboxylic acids is 2. The largest absolute Gasteiger partial charge is 0.326 e. The van der Waals surface area contributed by atoms with Gasteiger partial charge in [-0.25, -0.2) is 18.4 Å². The van der Waals surface area contributed by atoms with E-state index in [-0.39, 0.29) is 34.7 Å². The molecule has 0 radical (unpaired) electrons. The molecule has 1 unspecified atom stereocenters. The van der Waals surface area contributed by atoms with E-state index in [4.69, 9.17) is 5.14 Å². The number of nitrogens with one attached hydrogen (secondary N) is 2. The number of primary sulfonamides is 1. The van der Waals surface area contributed by atoms with E-state index in [1.165, 1.54) is 24.3 Å². The molecule has 4 N–H and O–H groups in total. The van der Waals surface area contributed by atoms with Gasteiger partial charge in [-0.15, -0.1) is 0 Å². The van der Waals surface area contributed by atoms with Crippen LogP contribution in [0, 0.1) is 5.92 Å². The highest BCUT2D eigenvalue weighted by atomic mass is 32.2. The lowest BCUT2D eigenvalue weighted by molar-refractivity contribution is -0.118. The number of carbonyl (C=O) groups is 2. The van der Waals surface area contributed by atoms with Crippen molar-refractivity contribution >= 4 is 27.6 Å². The highest BCUT2D eigenvalue weighted by Gasteiger charge is 2.37. The lowest BCUT2D eigenvalue weighted by atomic mass is 9.83. The monoisotopic (exact) mass is 535 g/mol. The summed E-state index contributed by atoms with van der Waals surface area (Å²) in [5.41, 5.74) is 2.17. The Labute approximate surface area is 220 Å². The molecule has 1 aromatic heterocycles. The Hall–Kier alpha value is -3.96. The van der Waals surface area contributed by atoms with Gasteiger partial charge in [0.05, 0.1) is 4.90 Å². The zero-order chi connectivity index (χ0) is 26.9. The summed E-state index contributed by atoms with van der Waals surface area (Å²) in [7, 11) is -3.86. The van der Waals surface area contributed by atoms with Crippen molar-refractivity contribution < 1.29 is 18.0 Å². The molecule has 3 heterocycles. The zero-order valence-corrected chi connectivity index (χ0v) is 21.4. The van der Waals surface area contributed by atoms with E-state index in [9.17, 15) is 22.8 Å². The number of amides is 3. The first kappa shape index (κ1) is 25.7. The number of hydrogen-bond acceptors (Lipinski definition) is 5. The lowest BCUT2D eigenvalue weighted by Crippen LogP contribution is -2.55. The number of rotatable bonds is 6. The predicted octanol–water partition coefficient (Wildman–Crippen LogP) is 1.87. The smallest absolute Gasteiger partial charge is 0.318 e. The maximum absolute atomic E-state index is 13.4. The summed E-state index contributed by atoms with van der Waals surface area (Å²) in [5, 5.41) is 10.8. The molecule has 0 spiro atoms. The topological polar surface area (TPSA) is 144 Å². The average Bonchev–Trinajstić information content (AvgIpc) is 2.89. The second-order valence-electron chi connectivity index (χ2n) is 9.85. The van der Waals surface area contributed by atoms with Crippen molar-refractivity contribution in [2.24, 2.45) is 11.1 Å². The molecule has 198 valence electrons. The highest BCUT2D eigenvalue weighted by Crippen LogP contribution is 2.35. The average molecular weight is 536 g/mol. The van der Waals surface area contributed by atoms with E-state index < -0.39 is 22.0 Å². The number of sulfonamides is 1. The van der Waals surface area contributed by atoms with Crippen molar-refractivity contribution in [3.05, 3.63) is 94.4 Å². The number of anilines is 1. The Balaban J connectivity index is 1.32. The van der Waals surface area contributed by atoms with Crippen LogP contribution in [-0.2, 0) is 27.8 Å². The Kier molecular flexibility index (Phi) is 7.04. The maximum atomic E-state index is 13.4. The number of nitrogens with two attached hydrogens (primary N) is 1. The fourth-order valence-corrected chi connectivity index (χ4v) is 5.83. The SMILES string of the molecule is NS(=O)(=O)c1ccc(NC(=O)[C@H](Cc2ccccc2)NC(=O)N2CC3C[C@H](C2)Cn2c3cccc2=O)cc1. The summed E-state index contributed by atoms with van der Waals surface area (Å²) in [6.07, 6.45) is 1.18. The summed E-state index contributed by atoms with van der Waals surface area (Å²) in [5.74, 6) is -0.216. The molecule has 3 amide bonds. The number of likely N-dealkylation sites (tertiary alicyclic amines) is 1. The molecule has 5 rings (SSSR count). The molecule has 1 fully saturated rings. The van der Waals surface area contributed by atoms with Gasteiger partial charge >= 0.3 is 6.03 Å². The number of fused-ring (bicyclic) bond motifs is 4. The second-order valence-corrected chi connectivity index (χ2v) is 11.4. The fraction of sp³-hybridized carbons (Fsp3) is 0.296. The van der Waals surface area contributed by atoms with Crippen molar-refractivity contribution in [1.82, 2.24) is 14.8 Å². The molecular weight excluding hydrogens is 506 g/mol. The summed E-state index contributed by atoms with van der Waals surface area (Å²) >= 11 is 0. The number of pyridine rings is 1. The van der Waals surface area contributed by atoms with E-state index in [0.29, 0.717) is 25.3 Å². The number of benzene rings is 2. The Morgan fingerprint density at radius 3 is 2.39 bits per heavy atom. The Morgan fingerprint density at radius 1 is 0.947 bits per heavy atom. The first-order valence-electron chi connectivity index (χ1n) is 12.4. The van der Waals surface area contributed by atoms with Crippen molar-refractivity contribution in [2.75, 3.05) is 18.4 Å². The number of piperidine rings is 1. The minimum atomic E-state index is -3.86. The van der Waals surface area contributed by atoms with Gasteiger partial charge in [0.2, 0.25) is 15.9 Å². The maximum Gasteiger partial charge on any atom is 0.318 e. The third-order valence-electron chi connectivity index (χ3n) is 7.11. The fourth-order valence-electron chi connectivity index (χ4n) is 5.32. The standard InChI is InChI=1S/C27H29N5O5S/c28-38(36,37)22-11-9-21(10-12-22)29-26(34)23(14-18-5-2-1-3-6-18)30-27(35)31-15-19-13-20(17-31)24-7-4-8-25(33)32(24)16-19/h1-12,19-20,23H,13-17H2,(H,29,34)(H,30,35)(H2,28,36,37)/t19-,20?,23+/m1/s1. The van der Waals surface area contributed by atoms with Gasteiger partial charge in [0.15, 0.2) is 0 Å². The highest BCUT2D eigenvalue weighted by molar-refractivity contribution is 7.89. The third-order valence-corrected chi connectivity index (χ3v) is 8.04. The van der Waals surface area contributed by atoms with E-state index >= 15 is 0 Å². The van der Waals surface area contributed by atoms with Crippen LogP contribution in [0.15, 0.2) is 82.5 Å². The quantitative estimate of drug-likeness (QED) is 0.442. The normalized spacial score (nSPS) is 19.2. The predicted molar refractivity (Wildman–Crippen MR) is 142 cm³/mol. The number of hydrogen-bond donors (Lipinski definition) is 3. The Morgan fingerprint density at radius 2 is 1.68 bits per heavy atom. The molecule has 2 bridgehead atoms. The van der Waals surface area contributed by atoms with Crippen LogP contribution in [0.4, 0.5) is 10.5 Å². The van der Waals surface area contributed by atoms with Crippen LogP contribution in [-0.4, -0.2) is 49.0 Å². The molecule has 11 heteroatoms. The number of nitrogens with zero attached hydrogens (tertiary/aromatic N) is 2. The van der Waals surface area contributed by atoms with Crippen LogP contribution >= 0.6 is 0 Å². The van der Waals surface area contributed by atoms with E-state index in [1.807, 2.05) is 36.4 Å². The zero-order valence-electron chi connectivity index (χ0n) is 20.6. The van der Waals surface area contributed by atoms with E-state index in [0.717, 1.165) is 17.7 Å². The first-order chi connectivity index (χ1) is 18.2. The molecule has 2 aliphatic rings. The molecule has 2 aliphatic heterocycles. The molecule has 10 nitrogen and oxygen atoms in total. The second kappa shape index (κ2) is 10.4. The van der Waals surface area contributed by atoms with Gasteiger partial charge in [0, 0.05) is 49.4 Å². The minimum Gasteiger partial charge on any atom is -0.326 e. The van der Waals surface area contributed by atoms with Crippen LogP contribution in [0.2, 0.25) is 0 Å². The van der Waals surface area contributed by atoms with Gasteiger partial charge in [-0.2, -0.15) is 0 Å². The molecule has 0 aliphatic carbocycles. The van der Waals surface area contributed by atoms with Crippen LogP contribution in [0.1, 0.15) is 23.6 Å². The molecule has 2 aromatic carbocycles. The summed E-state index contributed by atoms with van der Waals surface area (Å²) in [6, 6.07) is 18.9.